The molecule has 0 atom stereocenters. The van der Waals surface area contributed by atoms with E-state index >= 15 is 0 Å². The lowest BCUT2D eigenvalue weighted by molar-refractivity contribution is 0.101. The summed E-state index contributed by atoms with van der Waals surface area (Å²) in [7, 11) is 0. The molecule has 1 aromatic carbocycles. The lowest BCUT2D eigenvalue weighted by Gasteiger charge is -2.17. The molecule has 0 aliphatic carbocycles. The molecule has 2 aromatic rings. The third-order valence-electron chi connectivity index (χ3n) is 3.68. The van der Waals surface area contributed by atoms with Gasteiger partial charge in [0, 0.05) is 25.2 Å². The van der Waals surface area contributed by atoms with Crippen LogP contribution < -0.4 is 9.47 Å². The standard InChI is InChI=1S/C18H17NO5/c1-3-19(4-2)18(21)23-13-7-8-14-15(11-13)24-16(17(14)20)10-12-6-5-9-22-12/h5-11H,3-4H2,1-2H3/b16-10+. The minimum atomic E-state index is -0.435. The van der Waals surface area contributed by atoms with Crippen molar-refractivity contribution in [1.82, 2.24) is 4.90 Å². The lowest BCUT2D eigenvalue weighted by Crippen LogP contribution is -2.33. The Hall–Kier alpha value is -3.02. The molecule has 1 aliphatic rings. The fraction of sp³-hybridized carbons (Fsp3) is 0.222. The Kier molecular flexibility index (Phi) is 4.37. The van der Waals surface area contributed by atoms with Crippen molar-refractivity contribution < 1.29 is 23.5 Å². The van der Waals surface area contributed by atoms with Crippen LogP contribution in [0.5, 0.6) is 11.5 Å². The van der Waals surface area contributed by atoms with E-state index in [0.29, 0.717) is 35.9 Å². The first kappa shape index (κ1) is 15.9. The number of benzene rings is 1. The maximum Gasteiger partial charge on any atom is 0.415 e. The van der Waals surface area contributed by atoms with Crippen molar-refractivity contribution in [2.24, 2.45) is 0 Å². The van der Waals surface area contributed by atoms with Crippen molar-refractivity contribution in [3.05, 3.63) is 53.7 Å². The van der Waals surface area contributed by atoms with E-state index < -0.39 is 6.09 Å². The van der Waals surface area contributed by atoms with Crippen molar-refractivity contribution in [3.8, 4) is 11.5 Å². The minimum absolute atomic E-state index is 0.173. The van der Waals surface area contributed by atoms with Gasteiger partial charge in [-0.25, -0.2) is 4.79 Å². The third-order valence-corrected chi connectivity index (χ3v) is 3.68. The quantitative estimate of drug-likeness (QED) is 0.800. The summed E-state index contributed by atoms with van der Waals surface area (Å²) in [6.45, 7) is 4.87. The van der Waals surface area contributed by atoms with E-state index in [1.54, 1.807) is 29.2 Å². The monoisotopic (exact) mass is 327 g/mol. The van der Waals surface area contributed by atoms with Crippen LogP contribution in [0.4, 0.5) is 4.79 Å². The molecule has 0 fully saturated rings. The molecule has 0 saturated carbocycles. The molecule has 0 radical (unpaired) electrons. The second-order valence-electron chi connectivity index (χ2n) is 5.15. The molecule has 0 bridgehead atoms. The van der Waals surface area contributed by atoms with Gasteiger partial charge in [0.15, 0.2) is 5.76 Å². The highest BCUT2D eigenvalue weighted by atomic mass is 16.6. The highest BCUT2D eigenvalue weighted by Crippen LogP contribution is 2.35. The van der Waals surface area contributed by atoms with Crippen LogP contribution in [0.3, 0.4) is 0 Å². The summed E-state index contributed by atoms with van der Waals surface area (Å²) in [5, 5.41) is 0. The molecule has 1 amide bonds. The van der Waals surface area contributed by atoms with Gasteiger partial charge in [0.1, 0.15) is 17.3 Å². The minimum Gasteiger partial charge on any atom is -0.465 e. The fourth-order valence-electron chi connectivity index (χ4n) is 2.38. The fourth-order valence-corrected chi connectivity index (χ4v) is 2.38. The summed E-state index contributed by atoms with van der Waals surface area (Å²) in [6.07, 6.45) is 2.61. The molecule has 0 N–H and O–H groups in total. The van der Waals surface area contributed by atoms with Gasteiger partial charge in [0.25, 0.3) is 0 Å². The zero-order valence-corrected chi connectivity index (χ0v) is 13.4. The van der Waals surface area contributed by atoms with Gasteiger partial charge in [-0.1, -0.05) is 0 Å². The van der Waals surface area contributed by atoms with Crippen LogP contribution in [-0.4, -0.2) is 29.9 Å². The smallest absolute Gasteiger partial charge is 0.415 e. The number of hydrogen-bond acceptors (Lipinski definition) is 5. The van der Waals surface area contributed by atoms with Crippen molar-refractivity contribution in [3.63, 3.8) is 0 Å². The van der Waals surface area contributed by atoms with E-state index in [9.17, 15) is 9.59 Å². The topological polar surface area (TPSA) is 69.0 Å². The van der Waals surface area contributed by atoms with Crippen LogP contribution in [0.25, 0.3) is 6.08 Å². The first-order chi connectivity index (χ1) is 11.6. The van der Waals surface area contributed by atoms with Crippen LogP contribution in [0.2, 0.25) is 0 Å². The summed E-state index contributed by atoms with van der Waals surface area (Å²) in [4.78, 5) is 25.9. The second kappa shape index (κ2) is 6.62. The molecule has 1 aliphatic heterocycles. The Morgan fingerprint density at radius 2 is 2.04 bits per heavy atom. The predicted molar refractivity (Wildman–Crippen MR) is 87.0 cm³/mol. The number of ether oxygens (including phenoxy) is 2. The number of fused-ring (bicyclic) bond motifs is 1. The Morgan fingerprint density at radius 1 is 1.25 bits per heavy atom. The second-order valence-corrected chi connectivity index (χ2v) is 5.15. The van der Waals surface area contributed by atoms with Gasteiger partial charge in [-0.3, -0.25) is 4.79 Å². The maximum atomic E-state index is 12.3. The normalized spacial score (nSPS) is 14.4. The van der Waals surface area contributed by atoms with Crippen molar-refractivity contribution >= 4 is 18.0 Å². The summed E-state index contributed by atoms with van der Waals surface area (Å²) in [5.41, 5.74) is 0.426. The molecule has 2 heterocycles. The Labute approximate surface area is 139 Å². The Balaban J connectivity index is 1.79. The van der Waals surface area contributed by atoms with Crippen LogP contribution in [0.1, 0.15) is 30.0 Å². The maximum absolute atomic E-state index is 12.3. The predicted octanol–water partition coefficient (Wildman–Crippen LogP) is 3.74. The zero-order valence-electron chi connectivity index (χ0n) is 13.4. The number of carbonyl (C=O) groups is 2. The Bertz CT molecular complexity index is 788. The van der Waals surface area contributed by atoms with Gasteiger partial charge in [-0.05, 0) is 38.1 Å². The number of nitrogens with zero attached hydrogens (tertiary/aromatic N) is 1. The van der Waals surface area contributed by atoms with E-state index in [4.69, 9.17) is 13.9 Å². The highest BCUT2D eigenvalue weighted by Gasteiger charge is 2.28. The highest BCUT2D eigenvalue weighted by molar-refractivity contribution is 6.14. The lowest BCUT2D eigenvalue weighted by atomic mass is 10.1. The zero-order chi connectivity index (χ0) is 17.1. The molecule has 124 valence electrons. The molecule has 3 rings (SSSR count). The summed E-state index contributed by atoms with van der Waals surface area (Å²) in [6, 6.07) is 8.16. The SMILES string of the molecule is CCN(CC)C(=O)Oc1ccc2c(c1)O/C(=C/c1ccco1)C2=O. The number of ketones is 1. The van der Waals surface area contributed by atoms with Gasteiger partial charge in [0.2, 0.25) is 5.78 Å². The number of allylic oxidation sites excluding steroid dienone is 1. The van der Waals surface area contributed by atoms with Crippen LogP contribution >= 0.6 is 0 Å². The summed E-state index contributed by atoms with van der Waals surface area (Å²) in [5.74, 6) is 1.16. The van der Waals surface area contributed by atoms with E-state index in [-0.39, 0.29) is 11.5 Å². The van der Waals surface area contributed by atoms with Gasteiger partial charge in [-0.15, -0.1) is 0 Å². The number of furan rings is 1. The van der Waals surface area contributed by atoms with E-state index in [1.165, 1.54) is 18.4 Å². The summed E-state index contributed by atoms with van der Waals surface area (Å²) >= 11 is 0. The van der Waals surface area contributed by atoms with Gasteiger partial charge in [-0.2, -0.15) is 0 Å². The number of rotatable bonds is 4. The molecule has 0 saturated heterocycles. The molecule has 6 heteroatoms. The first-order valence-electron chi connectivity index (χ1n) is 7.71. The molecule has 0 unspecified atom stereocenters. The first-order valence-corrected chi connectivity index (χ1v) is 7.71. The van der Waals surface area contributed by atoms with E-state index in [0.717, 1.165) is 0 Å². The number of hydrogen-bond donors (Lipinski definition) is 0. The molecule has 6 nitrogen and oxygen atoms in total. The molecular formula is C18H17NO5. The van der Waals surface area contributed by atoms with Crippen molar-refractivity contribution in [2.75, 3.05) is 13.1 Å². The average molecular weight is 327 g/mol. The third kappa shape index (κ3) is 3.03. The van der Waals surface area contributed by atoms with Gasteiger partial charge >= 0.3 is 6.09 Å². The summed E-state index contributed by atoms with van der Waals surface area (Å²) < 4.78 is 16.1. The van der Waals surface area contributed by atoms with E-state index in [2.05, 4.69) is 0 Å². The average Bonchev–Trinajstić information content (AvgIpc) is 3.18. The number of Topliss-reactive ketones (excluding diaryl/α,β-unsaturated/α-hetero) is 1. The molecule has 1 aromatic heterocycles. The van der Waals surface area contributed by atoms with Gasteiger partial charge in [0.05, 0.1) is 11.8 Å². The van der Waals surface area contributed by atoms with Crippen LogP contribution in [-0.2, 0) is 0 Å². The molecule has 24 heavy (non-hydrogen) atoms. The van der Waals surface area contributed by atoms with Crippen LogP contribution in [0.15, 0.2) is 46.8 Å². The van der Waals surface area contributed by atoms with Crippen molar-refractivity contribution in [2.45, 2.75) is 13.8 Å². The Morgan fingerprint density at radius 3 is 2.71 bits per heavy atom. The van der Waals surface area contributed by atoms with E-state index in [1.807, 2.05) is 13.8 Å². The molecular weight excluding hydrogens is 310 g/mol. The van der Waals surface area contributed by atoms with Crippen molar-refractivity contribution in [1.29, 1.82) is 0 Å². The number of amides is 1. The number of carbonyl (C=O) groups excluding carboxylic acids is 2. The van der Waals surface area contributed by atoms with Crippen LogP contribution in [0, 0.1) is 0 Å². The van der Waals surface area contributed by atoms with Gasteiger partial charge < -0.3 is 18.8 Å². The molecule has 0 spiro atoms. The largest absolute Gasteiger partial charge is 0.465 e.